The Morgan fingerprint density at radius 2 is 2.00 bits per heavy atom. The zero-order chi connectivity index (χ0) is 11.0. The minimum Gasteiger partial charge on any atom is -0.377 e. The lowest BCUT2D eigenvalue weighted by Crippen LogP contribution is -2.50. The van der Waals surface area contributed by atoms with Gasteiger partial charge in [0.25, 0.3) is 0 Å². The van der Waals surface area contributed by atoms with Crippen molar-refractivity contribution in [2.75, 3.05) is 19.7 Å². The van der Waals surface area contributed by atoms with Crippen LogP contribution in [0.3, 0.4) is 0 Å². The van der Waals surface area contributed by atoms with E-state index in [1.165, 1.54) is 45.1 Å². The van der Waals surface area contributed by atoms with E-state index >= 15 is 0 Å². The Bertz CT molecular complexity index is 232. The van der Waals surface area contributed by atoms with Crippen LogP contribution in [0.2, 0.25) is 0 Å². The molecule has 92 valence electrons. The van der Waals surface area contributed by atoms with E-state index in [0.29, 0.717) is 12.1 Å². The maximum atomic E-state index is 5.99. The average Bonchev–Trinajstić information content (AvgIpc) is 3.20. The van der Waals surface area contributed by atoms with Crippen LogP contribution in [-0.2, 0) is 4.74 Å². The molecule has 1 heterocycles. The van der Waals surface area contributed by atoms with Gasteiger partial charge in [-0.15, -0.1) is 0 Å². The van der Waals surface area contributed by atoms with Crippen LogP contribution in [0, 0.1) is 5.92 Å². The monoisotopic (exact) mass is 224 g/mol. The van der Waals surface area contributed by atoms with E-state index in [1.54, 1.807) is 0 Å². The number of ether oxygens (including phenoxy) is 1. The molecule has 2 atom stereocenters. The van der Waals surface area contributed by atoms with E-state index < -0.39 is 0 Å². The molecular formula is C13H24N2O. The van der Waals surface area contributed by atoms with Gasteiger partial charge in [-0.2, -0.15) is 0 Å². The summed E-state index contributed by atoms with van der Waals surface area (Å²) in [5.41, 5.74) is 5.99. The lowest BCUT2D eigenvalue weighted by Gasteiger charge is -2.34. The van der Waals surface area contributed by atoms with Crippen molar-refractivity contribution >= 4 is 0 Å². The molecule has 3 aliphatic rings. The number of rotatable bonds is 6. The van der Waals surface area contributed by atoms with Gasteiger partial charge >= 0.3 is 0 Å². The predicted molar refractivity (Wildman–Crippen MR) is 64.3 cm³/mol. The minimum absolute atomic E-state index is 0.421. The van der Waals surface area contributed by atoms with Crippen LogP contribution in [0.25, 0.3) is 0 Å². The molecule has 2 aliphatic carbocycles. The van der Waals surface area contributed by atoms with Crippen LogP contribution >= 0.6 is 0 Å². The summed E-state index contributed by atoms with van der Waals surface area (Å²) >= 11 is 0. The van der Waals surface area contributed by atoms with E-state index in [2.05, 4.69) is 4.90 Å². The quantitative estimate of drug-likeness (QED) is 0.740. The van der Waals surface area contributed by atoms with Crippen molar-refractivity contribution < 1.29 is 4.74 Å². The first-order valence-electron chi connectivity index (χ1n) is 6.96. The fraction of sp³-hybridized carbons (Fsp3) is 1.00. The largest absolute Gasteiger partial charge is 0.377 e. The molecule has 1 aliphatic heterocycles. The maximum absolute atomic E-state index is 5.99. The highest BCUT2D eigenvalue weighted by Crippen LogP contribution is 2.37. The molecule has 0 aromatic heterocycles. The van der Waals surface area contributed by atoms with Crippen molar-refractivity contribution in [1.82, 2.24) is 4.90 Å². The average molecular weight is 224 g/mol. The Hall–Kier alpha value is -0.120. The molecule has 16 heavy (non-hydrogen) atoms. The van der Waals surface area contributed by atoms with Crippen LogP contribution in [-0.4, -0.2) is 42.8 Å². The number of hydrogen-bond donors (Lipinski definition) is 1. The van der Waals surface area contributed by atoms with Gasteiger partial charge in [0.15, 0.2) is 0 Å². The second-order valence-corrected chi connectivity index (χ2v) is 5.73. The van der Waals surface area contributed by atoms with E-state index in [1.807, 2.05) is 0 Å². The summed E-state index contributed by atoms with van der Waals surface area (Å²) in [6.45, 7) is 3.00. The molecule has 3 fully saturated rings. The second kappa shape index (κ2) is 4.63. The highest BCUT2D eigenvalue weighted by Gasteiger charge is 2.40. The molecule has 3 nitrogen and oxygen atoms in total. The molecule has 0 bridgehead atoms. The van der Waals surface area contributed by atoms with Crippen molar-refractivity contribution in [3.05, 3.63) is 0 Å². The summed E-state index contributed by atoms with van der Waals surface area (Å²) in [6, 6.07) is 1.33. The van der Waals surface area contributed by atoms with Gasteiger partial charge in [-0.25, -0.2) is 0 Å². The van der Waals surface area contributed by atoms with Crippen molar-refractivity contribution in [3.63, 3.8) is 0 Å². The minimum atomic E-state index is 0.421. The molecule has 0 spiro atoms. The van der Waals surface area contributed by atoms with Crippen molar-refractivity contribution in [2.24, 2.45) is 11.7 Å². The molecule has 0 radical (unpaired) electrons. The van der Waals surface area contributed by atoms with Gasteiger partial charge in [-0.1, -0.05) is 0 Å². The summed E-state index contributed by atoms with van der Waals surface area (Å²) < 4.78 is 5.85. The van der Waals surface area contributed by atoms with Crippen LogP contribution < -0.4 is 5.73 Å². The summed E-state index contributed by atoms with van der Waals surface area (Å²) in [4.78, 5) is 2.69. The normalized spacial score (nSPS) is 32.2. The highest BCUT2D eigenvalue weighted by atomic mass is 16.5. The molecule has 1 saturated heterocycles. The van der Waals surface area contributed by atoms with Gasteiger partial charge in [0.2, 0.25) is 0 Å². The van der Waals surface area contributed by atoms with E-state index in [9.17, 15) is 0 Å². The Kier molecular flexibility index (Phi) is 3.18. The van der Waals surface area contributed by atoms with Gasteiger partial charge in [0, 0.05) is 31.8 Å². The first kappa shape index (κ1) is 11.0. The SMILES string of the molecule is NCC(C1CCCO1)N(CC1CC1)C1CC1. The fourth-order valence-corrected chi connectivity index (χ4v) is 2.97. The summed E-state index contributed by atoms with van der Waals surface area (Å²) in [7, 11) is 0. The molecule has 0 aromatic carbocycles. The third-order valence-corrected chi connectivity index (χ3v) is 4.24. The van der Waals surface area contributed by atoms with E-state index in [0.717, 1.165) is 25.1 Å². The third kappa shape index (κ3) is 2.41. The lowest BCUT2D eigenvalue weighted by atomic mass is 10.1. The zero-order valence-corrected chi connectivity index (χ0v) is 10.1. The Morgan fingerprint density at radius 3 is 2.50 bits per heavy atom. The van der Waals surface area contributed by atoms with Crippen molar-refractivity contribution in [2.45, 2.75) is 56.7 Å². The lowest BCUT2D eigenvalue weighted by molar-refractivity contribution is 0.0215. The fourth-order valence-electron chi connectivity index (χ4n) is 2.97. The molecule has 0 aromatic rings. The first-order chi connectivity index (χ1) is 7.88. The van der Waals surface area contributed by atoms with Crippen molar-refractivity contribution in [1.29, 1.82) is 0 Å². The maximum Gasteiger partial charge on any atom is 0.0743 e. The molecule has 2 N–H and O–H groups in total. The predicted octanol–water partition coefficient (Wildman–Crippen LogP) is 1.37. The Labute approximate surface area is 98.3 Å². The second-order valence-electron chi connectivity index (χ2n) is 5.73. The van der Waals surface area contributed by atoms with Crippen molar-refractivity contribution in [3.8, 4) is 0 Å². The van der Waals surface area contributed by atoms with Crippen LogP contribution in [0.1, 0.15) is 38.5 Å². The van der Waals surface area contributed by atoms with E-state index in [4.69, 9.17) is 10.5 Å². The topological polar surface area (TPSA) is 38.5 Å². The Balaban J connectivity index is 1.63. The number of hydrogen-bond acceptors (Lipinski definition) is 3. The Morgan fingerprint density at radius 1 is 1.19 bits per heavy atom. The van der Waals surface area contributed by atoms with Crippen LogP contribution in [0.5, 0.6) is 0 Å². The first-order valence-corrected chi connectivity index (χ1v) is 6.96. The number of nitrogens with zero attached hydrogens (tertiary/aromatic N) is 1. The zero-order valence-electron chi connectivity index (χ0n) is 10.1. The molecule has 3 rings (SSSR count). The van der Waals surface area contributed by atoms with Crippen LogP contribution in [0.15, 0.2) is 0 Å². The van der Waals surface area contributed by atoms with Crippen LogP contribution in [0.4, 0.5) is 0 Å². The molecule has 2 saturated carbocycles. The van der Waals surface area contributed by atoms with Gasteiger partial charge < -0.3 is 10.5 Å². The summed E-state index contributed by atoms with van der Waals surface area (Å²) in [5.74, 6) is 0.969. The molecule has 3 heteroatoms. The number of nitrogens with two attached hydrogens (primary N) is 1. The van der Waals surface area contributed by atoms with E-state index in [-0.39, 0.29) is 0 Å². The highest BCUT2D eigenvalue weighted by molar-refractivity contribution is 4.95. The summed E-state index contributed by atoms with van der Waals surface area (Å²) in [5, 5.41) is 0. The van der Waals surface area contributed by atoms with Gasteiger partial charge in [-0.05, 0) is 44.4 Å². The molecule has 2 unspecified atom stereocenters. The van der Waals surface area contributed by atoms with Gasteiger partial charge in [0.05, 0.1) is 6.10 Å². The van der Waals surface area contributed by atoms with Gasteiger partial charge in [-0.3, -0.25) is 4.90 Å². The summed E-state index contributed by atoms with van der Waals surface area (Å²) in [6.07, 6.45) is 8.51. The third-order valence-electron chi connectivity index (χ3n) is 4.24. The standard InChI is InChI=1S/C13H24N2O/c14-8-12(13-2-1-7-16-13)15(11-5-6-11)9-10-3-4-10/h10-13H,1-9,14H2. The van der Waals surface area contributed by atoms with Gasteiger partial charge in [0.1, 0.15) is 0 Å². The molecule has 0 amide bonds. The smallest absolute Gasteiger partial charge is 0.0743 e. The molecular weight excluding hydrogens is 200 g/mol.